The quantitative estimate of drug-likeness (QED) is 0.842. The lowest BCUT2D eigenvalue weighted by Gasteiger charge is -2.12. The van der Waals surface area contributed by atoms with Gasteiger partial charge in [-0.3, -0.25) is 0 Å². The first-order chi connectivity index (χ1) is 8.31. The molecule has 2 aromatic rings. The van der Waals surface area contributed by atoms with Gasteiger partial charge >= 0.3 is 0 Å². The van der Waals surface area contributed by atoms with Crippen molar-refractivity contribution in [2.75, 3.05) is 0 Å². The Bertz CT molecular complexity index is 451. The maximum atomic E-state index is 6.12. The summed E-state index contributed by atoms with van der Waals surface area (Å²) in [6, 6.07) is -0.103. The molecule has 5 nitrogen and oxygen atoms in total. The maximum absolute atomic E-state index is 6.12. The smallest absolute Gasteiger partial charge is 0.115 e. The van der Waals surface area contributed by atoms with Crippen LogP contribution in [0.25, 0.3) is 0 Å². The minimum Gasteiger partial charge on any atom is -0.335 e. The monoisotopic (exact) mass is 231 g/mol. The van der Waals surface area contributed by atoms with E-state index < -0.39 is 0 Å². The number of rotatable bonds is 5. The molecule has 0 spiro atoms. The second-order valence-electron chi connectivity index (χ2n) is 4.02. The third-order valence-corrected chi connectivity index (χ3v) is 2.68. The lowest BCUT2D eigenvalue weighted by Crippen LogP contribution is -2.17. The Balaban J connectivity index is 2.08. The molecule has 0 aliphatic rings. The van der Waals surface area contributed by atoms with Crippen molar-refractivity contribution in [3.63, 3.8) is 0 Å². The fourth-order valence-electron chi connectivity index (χ4n) is 1.79. The molecule has 0 aliphatic carbocycles. The number of aromatic nitrogens is 4. The van der Waals surface area contributed by atoms with Crippen LogP contribution in [0.15, 0.2) is 31.1 Å². The zero-order chi connectivity index (χ0) is 12.1. The molecular weight excluding hydrogens is 214 g/mol. The SMILES string of the molecule is CCCn1ccnc1CC(N)c1cncnc1. The summed E-state index contributed by atoms with van der Waals surface area (Å²) in [7, 11) is 0. The Kier molecular flexibility index (Phi) is 3.82. The number of aryl methyl sites for hydroxylation is 1. The molecule has 1 atom stereocenters. The van der Waals surface area contributed by atoms with Crippen LogP contribution in [0.4, 0.5) is 0 Å². The molecule has 0 radical (unpaired) electrons. The first kappa shape index (κ1) is 11.7. The van der Waals surface area contributed by atoms with E-state index in [9.17, 15) is 0 Å². The van der Waals surface area contributed by atoms with Crippen molar-refractivity contribution in [1.29, 1.82) is 0 Å². The molecule has 0 fully saturated rings. The van der Waals surface area contributed by atoms with E-state index in [1.165, 1.54) is 6.33 Å². The van der Waals surface area contributed by atoms with Crippen LogP contribution >= 0.6 is 0 Å². The second-order valence-corrected chi connectivity index (χ2v) is 4.02. The van der Waals surface area contributed by atoms with Gasteiger partial charge in [0.2, 0.25) is 0 Å². The lowest BCUT2D eigenvalue weighted by atomic mass is 10.1. The first-order valence-electron chi connectivity index (χ1n) is 5.81. The van der Waals surface area contributed by atoms with Crippen LogP contribution in [0, 0.1) is 0 Å². The molecule has 0 saturated carbocycles. The van der Waals surface area contributed by atoms with E-state index in [1.807, 2.05) is 12.4 Å². The van der Waals surface area contributed by atoms with Crippen molar-refractivity contribution in [2.24, 2.45) is 5.73 Å². The highest BCUT2D eigenvalue weighted by molar-refractivity contribution is 5.11. The Morgan fingerprint density at radius 3 is 2.82 bits per heavy atom. The molecule has 0 aromatic carbocycles. The normalized spacial score (nSPS) is 12.6. The maximum Gasteiger partial charge on any atom is 0.115 e. The van der Waals surface area contributed by atoms with Gasteiger partial charge in [-0.15, -0.1) is 0 Å². The van der Waals surface area contributed by atoms with Crippen molar-refractivity contribution < 1.29 is 0 Å². The van der Waals surface area contributed by atoms with E-state index in [0.29, 0.717) is 6.42 Å². The van der Waals surface area contributed by atoms with Crippen LogP contribution < -0.4 is 5.73 Å². The molecule has 5 heteroatoms. The minimum atomic E-state index is -0.103. The largest absolute Gasteiger partial charge is 0.335 e. The highest BCUT2D eigenvalue weighted by Crippen LogP contribution is 2.13. The van der Waals surface area contributed by atoms with Gasteiger partial charge in [-0.1, -0.05) is 6.92 Å². The summed E-state index contributed by atoms with van der Waals surface area (Å²) < 4.78 is 2.14. The van der Waals surface area contributed by atoms with Crippen molar-refractivity contribution in [3.8, 4) is 0 Å². The number of hydrogen-bond acceptors (Lipinski definition) is 4. The Labute approximate surface area is 101 Å². The van der Waals surface area contributed by atoms with Crippen molar-refractivity contribution in [1.82, 2.24) is 19.5 Å². The van der Waals surface area contributed by atoms with Gasteiger partial charge in [-0.2, -0.15) is 0 Å². The molecule has 2 heterocycles. The van der Waals surface area contributed by atoms with Gasteiger partial charge in [-0.25, -0.2) is 15.0 Å². The molecule has 2 rings (SSSR count). The van der Waals surface area contributed by atoms with Gasteiger partial charge in [0.15, 0.2) is 0 Å². The number of hydrogen-bond donors (Lipinski definition) is 1. The van der Waals surface area contributed by atoms with E-state index >= 15 is 0 Å². The third kappa shape index (κ3) is 2.88. The summed E-state index contributed by atoms with van der Waals surface area (Å²) in [5.41, 5.74) is 7.06. The van der Waals surface area contributed by atoms with Crippen LogP contribution in [-0.4, -0.2) is 19.5 Å². The number of imidazole rings is 1. The van der Waals surface area contributed by atoms with Crippen molar-refractivity contribution in [3.05, 3.63) is 42.5 Å². The summed E-state index contributed by atoms with van der Waals surface area (Å²) in [6.07, 6.45) is 10.6. The van der Waals surface area contributed by atoms with Crippen LogP contribution in [0.2, 0.25) is 0 Å². The van der Waals surface area contributed by atoms with Crippen LogP contribution in [0.1, 0.15) is 30.8 Å². The highest BCUT2D eigenvalue weighted by Gasteiger charge is 2.11. The Morgan fingerprint density at radius 1 is 1.35 bits per heavy atom. The van der Waals surface area contributed by atoms with Crippen LogP contribution in [0.3, 0.4) is 0 Å². The molecular formula is C12H17N5. The fraction of sp³-hybridized carbons (Fsp3) is 0.417. The van der Waals surface area contributed by atoms with Gasteiger partial charge in [0.05, 0.1) is 0 Å². The molecule has 0 amide bonds. The van der Waals surface area contributed by atoms with E-state index in [2.05, 4.69) is 26.4 Å². The molecule has 2 aromatic heterocycles. The minimum absolute atomic E-state index is 0.103. The average molecular weight is 231 g/mol. The predicted molar refractivity (Wildman–Crippen MR) is 65.2 cm³/mol. The molecule has 0 bridgehead atoms. The Morgan fingerprint density at radius 2 is 2.12 bits per heavy atom. The average Bonchev–Trinajstić information content (AvgIpc) is 2.78. The molecule has 2 N–H and O–H groups in total. The summed E-state index contributed by atoms with van der Waals surface area (Å²) in [6.45, 7) is 3.13. The van der Waals surface area contributed by atoms with Crippen molar-refractivity contribution in [2.45, 2.75) is 32.4 Å². The van der Waals surface area contributed by atoms with E-state index in [1.54, 1.807) is 12.4 Å². The van der Waals surface area contributed by atoms with Gasteiger partial charge < -0.3 is 10.3 Å². The van der Waals surface area contributed by atoms with E-state index in [4.69, 9.17) is 5.73 Å². The third-order valence-electron chi connectivity index (χ3n) is 2.68. The molecule has 1 unspecified atom stereocenters. The predicted octanol–water partition coefficient (Wildman–Crippen LogP) is 1.33. The van der Waals surface area contributed by atoms with Gasteiger partial charge in [0.25, 0.3) is 0 Å². The van der Waals surface area contributed by atoms with E-state index in [0.717, 1.165) is 24.4 Å². The number of nitrogens with zero attached hydrogens (tertiary/aromatic N) is 4. The summed E-state index contributed by atoms with van der Waals surface area (Å²) in [5.74, 6) is 1.02. The van der Waals surface area contributed by atoms with E-state index in [-0.39, 0.29) is 6.04 Å². The van der Waals surface area contributed by atoms with Crippen LogP contribution in [0.5, 0.6) is 0 Å². The first-order valence-corrected chi connectivity index (χ1v) is 5.81. The van der Waals surface area contributed by atoms with Crippen molar-refractivity contribution >= 4 is 0 Å². The summed E-state index contributed by atoms with van der Waals surface area (Å²) >= 11 is 0. The molecule has 0 saturated heterocycles. The summed E-state index contributed by atoms with van der Waals surface area (Å²) in [5, 5.41) is 0. The molecule has 17 heavy (non-hydrogen) atoms. The van der Waals surface area contributed by atoms with Crippen LogP contribution in [-0.2, 0) is 13.0 Å². The number of nitrogens with two attached hydrogens (primary N) is 1. The summed E-state index contributed by atoms with van der Waals surface area (Å²) in [4.78, 5) is 12.3. The highest BCUT2D eigenvalue weighted by atomic mass is 15.1. The lowest BCUT2D eigenvalue weighted by molar-refractivity contribution is 0.597. The molecule has 90 valence electrons. The topological polar surface area (TPSA) is 69.6 Å². The molecule has 0 aliphatic heterocycles. The zero-order valence-electron chi connectivity index (χ0n) is 9.95. The van der Waals surface area contributed by atoms with Gasteiger partial charge in [-0.05, 0) is 6.42 Å². The fourth-order valence-corrected chi connectivity index (χ4v) is 1.79. The second kappa shape index (κ2) is 5.54. The van der Waals surface area contributed by atoms with Gasteiger partial charge in [0.1, 0.15) is 12.2 Å². The van der Waals surface area contributed by atoms with Gasteiger partial charge in [0, 0.05) is 49.4 Å². The Hall–Kier alpha value is -1.75. The zero-order valence-corrected chi connectivity index (χ0v) is 9.95. The standard InChI is InChI=1S/C12H17N5/c1-2-4-17-5-3-16-12(17)6-11(13)10-7-14-9-15-8-10/h3,5,7-9,11H,2,4,6,13H2,1H3.